The van der Waals surface area contributed by atoms with E-state index in [2.05, 4.69) is 24.3 Å². The Labute approximate surface area is 111 Å². The van der Waals surface area contributed by atoms with E-state index >= 15 is 0 Å². The van der Waals surface area contributed by atoms with Gasteiger partial charge >= 0.3 is 0 Å². The number of hydrogen-bond acceptors (Lipinski definition) is 3. The van der Waals surface area contributed by atoms with Crippen LogP contribution >= 0.6 is 0 Å². The number of hydrogen-bond donors (Lipinski definition) is 1. The van der Waals surface area contributed by atoms with E-state index in [0.717, 1.165) is 43.1 Å². The Morgan fingerprint density at radius 3 is 2.61 bits per heavy atom. The van der Waals surface area contributed by atoms with Crippen molar-refractivity contribution in [3.63, 3.8) is 0 Å². The highest BCUT2D eigenvalue weighted by atomic mass is 16.5. The van der Waals surface area contributed by atoms with Crippen LogP contribution in [0.25, 0.3) is 0 Å². The van der Waals surface area contributed by atoms with Gasteiger partial charge in [0.25, 0.3) is 0 Å². The number of rotatable bonds is 8. The van der Waals surface area contributed by atoms with Crippen molar-refractivity contribution >= 4 is 0 Å². The Morgan fingerprint density at radius 2 is 2.06 bits per heavy atom. The first-order valence-electron chi connectivity index (χ1n) is 6.93. The van der Waals surface area contributed by atoms with E-state index in [4.69, 9.17) is 4.74 Å². The van der Waals surface area contributed by atoms with E-state index < -0.39 is 0 Å². The molecule has 4 nitrogen and oxygen atoms in total. The fraction of sp³-hybridized carbons (Fsp3) is 0.786. The lowest BCUT2D eigenvalue weighted by atomic mass is 10.2. The van der Waals surface area contributed by atoms with E-state index in [9.17, 15) is 0 Å². The Hall–Kier alpha value is -1.03. The van der Waals surface area contributed by atoms with Crippen LogP contribution in [0.2, 0.25) is 0 Å². The van der Waals surface area contributed by atoms with E-state index in [1.807, 2.05) is 25.6 Å². The van der Waals surface area contributed by atoms with Crippen molar-refractivity contribution in [2.24, 2.45) is 7.05 Å². The normalized spacial score (nSPS) is 12.7. The van der Waals surface area contributed by atoms with E-state index in [1.54, 1.807) is 0 Å². The molecule has 0 amide bonds. The smallest absolute Gasteiger partial charge is 0.163 e. The van der Waals surface area contributed by atoms with Crippen LogP contribution in [0.15, 0.2) is 0 Å². The Bertz CT molecular complexity index is 360. The molecule has 18 heavy (non-hydrogen) atoms. The highest BCUT2D eigenvalue weighted by molar-refractivity contribution is 5.31. The van der Waals surface area contributed by atoms with Crippen molar-refractivity contribution in [2.75, 3.05) is 13.1 Å². The number of aromatic nitrogens is 2. The molecule has 1 atom stereocenters. The van der Waals surface area contributed by atoms with Crippen LogP contribution in [0.4, 0.5) is 0 Å². The topological polar surface area (TPSA) is 39.1 Å². The average molecular weight is 253 g/mol. The quantitative estimate of drug-likeness (QED) is 0.724. The molecule has 0 aliphatic heterocycles. The number of ether oxygens (including phenoxy) is 1. The Kier molecular flexibility index (Phi) is 6.19. The van der Waals surface area contributed by atoms with E-state index in [1.165, 1.54) is 6.42 Å². The summed E-state index contributed by atoms with van der Waals surface area (Å²) >= 11 is 0. The lowest BCUT2D eigenvalue weighted by Crippen LogP contribution is -2.19. The molecule has 0 saturated carbocycles. The SMILES string of the molecule is CCCNCCCC(C)Oc1c(C)nn(C)c1C. The minimum atomic E-state index is 0.245. The fourth-order valence-electron chi connectivity index (χ4n) is 2.00. The third-order valence-electron chi connectivity index (χ3n) is 3.15. The van der Waals surface area contributed by atoms with Gasteiger partial charge in [0.2, 0.25) is 0 Å². The van der Waals surface area contributed by atoms with Crippen molar-refractivity contribution in [3.8, 4) is 5.75 Å². The first-order chi connectivity index (χ1) is 8.56. The van der Waals surface area contributed by atoms with Crippen molar-refractivity contribution in [1.29, 1.82) is 0 Å². The summed E-state index contributed by atoms with van der Waals surface area (Å²) in [6, 6.07) is 0. The standard InChI is InChI=1S/C14H27N3O/c1-6-9-15-10-7-8-11(2)18-14-12(3)16-17(5)13(14)4/h11,15H,6-10H2,1-5H3. The molecule has 1 heterocycles. The second kappa shape index (κ2) is 7.41. The maximum atomic E-state index is 5.99. The summed E-state index contributed by atoms with van der Waals surface area (Å²) in [5.74, 6) is 0.950. The molecule has 0 aliphatic carbocycles. The molecule has 1 rings (SSSR count). The van der Waals surface area contributed by atoms with Crippen LogP contribution in [0.1, 0.15) is 44.5 Å². The van der Waals surface area contributed by atoms with Crippen LogP contribution in [-0.2, 0) is 7.05 Å². The molecule has 4 heteroatoms. The maximum Gasteiger partial charge on any atom is 0.163 e. The lowest BCUT2D eigenvalue weighted by molar-refractivity contribution is 0.204. The van der Waals surface area contributed by atoms with Gasteiger partial charge in [-0.3, -0.25) is 4.68 Å². The minimum Gasteiger partial charge on any atom is -0.487 e. The summed E-state index contributed by atoms with van der Waals surface area (Å²) in [5, 5.41) is 7.77. The third kappa shape index (κ3) is 4.33. The molecule has 0 aliphatic rings. The zero-order valence-electron chi connectivity index (χ0n) is 12.4. The van der Waals surface area contributed by atoms with Crippen LogP contribution in [0.5, 0.6) is 5.75 Å². The third-order valence-corrected chi connectivity index (χ3v) is 3.15. The highest BCUT2D eigenvalue weighted by Gasteiger charge is 2.13. The molecule has 0 spiro atoms. The van der Waals surface area contributed by atoms with Gasteiger partial charge in [-0.15, -0.1) is 0 Å². The molecule has 0 aromatic carbocycles. The van der Waals surface area contributed by atoms with Gasteiger partial charge in [-0.2, -0.15) is 5.10 Å². The molecule has 0 bridgehead atoms. The monoisotopic (exact) mass is 253 g/mol. The summed E-state index contributed by atoms with van der Waals surface area (Å²) in [4.78, 5) is 0. The zero-order chi connectivity index (χ0) is 13.5. The van der Waals surface area contributed by atoms with Gasteiger partial charge in [0.15, 0.2) is 5.75 Å². The Balaban J connectivity index is 2.33. The molecule has 0 radical (unpaired) electrons. The van der Waals surface area contributed by atoms with Gasteiger partial charge in [-0.25, -0.2) is 0 Å². The second-order valence-electron chi connectivity index (χ2n) is 4.94. The average Bonchev–Trinajstić information content (AvgIpc) is 2.56. The molecule has 104 valence electrons. The van der Waals surface area contributed by atoms with Gasteiger partial charge in [0.1, 0.15) is 5.69 Å². The number of aryl methyl sites for hydroxylation is 2. The van der Waals surface area contributed by atoms with Crippen molar-refractivity contribution in [1.82, 2.24) is 15.1 Å². The van der Waals surface area contributed by atoms with Crippen LogP contribution < -0.4 is 10.1 Å². The molecule has 1 aromatic rings. The maximum absolute atomic E-state index is 5.99. The minimum absolute atomic E-state index is 0.245. The summed E-state index contributed by atoms with van der Waals surface area (Å²) in [5.41, 5.74) is 2.08. The molecule has 0 fully saturated rings. The molecule has 1 N–H and O–H groups in total. The van der Waals surface area contributed by atoms with Crippen molar-refractivity contribution in [3.05, 3.63) is 11.4 Å². The first kappa shape index (κ1) is 15.0. The number of nitrogens with one attached hydrogen (secondary N) is 1. The summed E-state index contributed by atoms with van der Waals surface area (Å²) in [6.07, 6.45) is 3.67. The summed E-state index contributed by atoms with van der Waals surface area (Å²) < 4.78 is 7.87. The molecular formula is C14H27N3O. The number of nitrogens with zero attached hydrogens (tertiary/aromatic N) is 2. The van der Waals surface area contributed by atoms with Crippen molar-refractivity contribution in [2.45, 2.75) is 53.1 Å². The van der Waals surface area contributed by atoms with Gasteiger partial charge in [-0.05, 0) is 53.1 Å². The van der Waals surface area contributed by atoms with Gasteiger partial charge in [0.05, 0.1) is 11.8 Å². The molecule has 0 saturated heterocycles. The first-order valence-corrected chi connectivity index (χ1v) is 6.93. The van der Waals surface area contributed by atoms with E-state index in [0.29, 0.717) is 0 Å². The lowest BCUT2D eigenvalue weighted by Gasteiger charge is -2.15. The fourth-order valence-corrected chi connectivity index (χ4v) is 2.00. The van der Waals surface area contributed by atoms with Crippen LogP contribution in [-0.4, -0.2) is 29.0 Å². The summed E-state index contributed by atoms with van der Waals surface area (Å²) in [7, 11) is 1.95. The predicted molar refractivity (Wildman–Crippen MR) is 75.2 cm³/mol. The molecular weight excluding hydrogens is 226 g/mol. The van der Waals surface area contributed by atoms with E-state index in [-0.39, 0.29) is 6.10 Å². The van der Waals surface area contributed by atoms with Crippen LogP contribution in [0.3, 0.4) is 0 Å². The zero-order valence-corrected chi connectivity index (χ0v) is 12.4. The largest absolute Gasteiger partial charge is 0.487 e. The highest BCUT2D eigenvalue weighted by Crippen LogP contribution is 2.23. The van der Waals surface area contributed by atoms with Crippen LogP contribution in [0, 0.1) is 13.8 Å². The van der Waals surface area contributed by atoms with Gasteiger partial charge in [-0.1, -0.05) is 6.92 Å². The summed E-state index contributed by atoms with van der Waals surface area (Å²) in [6.45, 7) is 10.5. The van der Waals surface area contributed by atoms with Gasteiger partial charge in [0, 0.05) is 7.05 Å². The van der Waals surface area contributed by atoms with Crippen molar-refractivity contribution < 1.29 is 4.74 Å². The Morgan fingerprint density at radius 1 is 1.33 bits per heavy atom. The van der Waals surface area contributed by atoms with Gasteiger partial charge < -0.3 is 10.1 Å². The molecule has 1 unspecified atom stereocenters. The molecule has 1 aromatic heterocycles. The predicted octanol–water partition coefficient (Wildman–Crippen LogP) is 2.58. The second-order valence-corrected chi connectivity index (χ2v) is 4.94.